The van der Waals surface area contributed by atoms with Gasteiger partial charge in [-0.1, -0.05) is 23.7 Å². The number of halogens is 1. The number of carbonyl (C=O) groups is 2. The van der Waals surface area contributed by atoms with Crippen LogP contribution in [0.5, 0.6) is 0 Å². The summed E-state index contributed by atoms with van der Waals surface area (Å²) >= 11 is 5.94. The minimum absolute atomic E-state index is 0.0927. The molecule has 2 aliphatic rings. The second-order valence-electron chi connectivity index (χ2n) is 8.10. The van der Waals surface area contributed by atoms with Crippen LogP contribution in [0.1, 0.15) is 25.3 Å². The first-order valence-corrected chi connectivity index (χ1v) is 10.3. The van der Waals surface area contributed by atoms with Crippen molar-refractivity contribution in [1.82, 2.24) is 20.0 Å². The molecule has 7 nitrogen and oxygen atoms in total. The molecular formula is C21H26ClN5O2. The Morgan fingerprint density at radius 2 is 1.86 bits per heavy atom. The highest BCUT2D eigenvalue weighted by molar-refractivity contribution is 6.30. The first-order valence-electron chi connectivity index (χ1n) is 9.97. The van der Waals surface area contributed by atoms with Crippen molar-refractivity contribution in [3.8, 4) is 0 Å². The molecule has 1 aromatic heterocycles. The third-order valence-electron chi connectivity index (χ3n) is 6.15. The predicted octanol–water partition coefficient (Wildman–Crippen LogP) is 2.99. The number of aromatic nitrogens is 2. The summed E-state index contributed by atoms with van der Waals surface area (Å²) in [7, 11) is 1.67. The molecule has 1 aliphatic carbocycles. The van der Waals surface area contributed by atoms with Crippen LogP contribution in [-0.4, -0.2) is 52.8 Å². The lowest BCUT2D eigenvalue weighted by Gasteiger charge is -2.19. The second kappa shape index (κ2) is 8.16. The van der Waals surface area contributed by atoms with Gasteiger partial charge in [0.25, 0.3) is 0 Å². The summed E-state index contributed by atoms with van der Waals surface area (Å²) in [5.74, 6) is 0.957. The van der Waals surface area contributed by atoms with E-state index >= 15 is 0 Å². The Bertz CT molecular complexity index is 883. The van der Waals surface area contributed by atoms with Crippen LogP contribution in [0.2, 0.25) is 5.02 Å². The number of hydrogen-bond acceptors (Lipinski definition) is 4. The van der Waals surface area contributed by atoms with E-state index < -0.39 is 0 Å². The molecule has 4 rings (SSSR count). The smallest absolute Gasteiger partial charge is 0.322 e. The number of hydrogen-bond donors (Lipinski definition) is 1. The van der Waals surface area contributed by atoms with E-state index in [-0.39, 0.29) is 11.9 Å². The first kappa shape index (κ1) is 19.9. The summed E-state index contributed by atoms with van der Waals surface area (Å²) in [6.45, 7) is 3.85. The zero-order valence-corrected chi connectivity index (χ0v) is 17.5. The Morgan fingerprint density at radius 3 is 2.48 bits per heavy atom. The van der Waals surface area contributed by atoms with Gasteiger partial charge in [0.05, 0.1) is 18.1 Å². The van der Waals surface area contributed by atoms with Gasteiger partial charge in [0.2, 0.25) is 5.91 Å². The molecule has 1 saturated carbocycles. The molecule has 0 spiro atoms. The maximum absolute atomic E-state index is 12.8. The molecule has 1 aliphatic heterocycles. The van der Waals surface area contributed by atoms with Crippen molar-refractivity contribution < 1.29 is 9.59 Å². The number of likely N-dealkylation sites (tertiary alicyclic amines) is 1. The van der Waals surface area contributed by atoms with Crippen LogP contribution in [0.25, 0.3) is 0 Å². The maximum atomic E-state index is 12.8. The Balaban J connectivity index is 1.29. The van der Waals surface area contributed by atoms with Gasteiger partial charge in [-0.3, -0.25) is 4.79 Å². The molecule has 8 heteroatoms. The van der Waals surface area contributed by atoms with Gasteiger partial charge >= 0.3 is 6.03 Å². The van der Waals surface area contributed by atoms with Crippen LogP contribution in [0.3, 0.4) is 0 Å². The van der Waals surface area contributed by atoms with Crippen molar-refractivity contribution in [2.24, 2.45) is 11.8 Å². The predicted molar refractivity (Wildman–Crippen MR) is 112 cm³/mol. The van der Waals surface area contributed by atoms with Gasteiger partial charge < -0.3 is 15.1 Å². The lowest BCUT2D eigenvalue weighted by atomic mass is 10.0. The molecule has 2 heterocycles. The summed E-state index contributed by atoms with van der Waals surface area (Å²) in [5.41, 5.74) is 1.85. The van der Waals surface area contributed by atoms with Gasteiger partial charge in [0.1, 0.15) is 0 Å². The summed E-state index contributed by atoms with van der Waals surface area (Å²) < 4.78 is 1.34. The molecule has 0 unspecified atom stereocenters. The van der Waals surface area contributed by atoms with Crippen molar-refractivity contribution >= 4 is 29.2 Å². The average molecular weight is 416 g/mol. The van der Waals surface area contributed by atoms with Gasteiger partial charge in [-0.05, 0) is 42.4 Å². The highest BCUT2D eigenvalue weighted by Crippen LogP contribution is 2.38. The highest BCUT2D eigenvalue weighted by Gasteiger charge is 2.42. The molecule has 29 heavy (non-hydrogen) atoms. The normalized spacial score (nSPS) is 23.3. The van der Waals surface area contributed by atoms with Crippen LogP contribution in [-0.2, 0) is 11.3 Å². The zero-order chi connectivity index (χ0) is 20.5. The standard InChI is InChI=1S/C21H26ClN5O2/c1-14(28)25(2)20-10-24-27(13-20)21(29)26-11-16-7-19(8-17(16)12-26)23-9-15-3-5-18(22)6-4-15/h3-6,10,13,16-17,19,23H,7-9,11-12H2,1-2H3/t16-,17+,19-. The minimum Gasteiger partial charge on any atom is -0.322 e. The van der Waals surface area contributed by atoms with Gasteiger partial charge in [-0.25, -0.2) is 4.79 Å². The Kier molecular flexibility index (Phi) is 5.61. The van der Waals surface area contributed by atoms with E-state index in [9.17, 15) is 9.59 Å². The van der Waals surface area contributed by atoms with E-state index in [0.717, 1.165) is 37.5 Å². The lowest BCUT2D eigenvalue weighted by molar-refractivity contribution is -0.116. The highest BCUT2D eigenvalue weighted by atomic mass is 35.5. The third kappa shape index (κ3) is 4.31. The molecule has 0 bridgehead atoms. The van der Waals surface area contributed by atoms with E-state index in [1.165, 1.54) is 22.1 Å². The van der Waals surface area contributed by atoms with Crippen LogP contribution in [0.4, 0.5) is 10.5 Å². The Hall–Kier alpha value is -2.38. The van der Waals surface area contributed by atoms with Gasteiger partial charge in [0, 0.05) is 44.7 Å². The van der Waals surface area contributed by atoms with Gasteiger partial charge in [-0.2, -0.15) is 9.78 Å². The molecule has 154 valence electrons. The molecular weight excluding hydrogens is 390 g/mol. The summed E-state index contributed by atoms with van der Waals surface area (Å²) in [4.78, 5) is 27.6. The quantitative estimate of drug-likeness (QED) is 0.833. The lowest BCUT2D eigenvalue weighted by Crippen LogP contribution is -2.35. The summed E-state index contributed by atoms with van der Waals surface area (Å²) in [6.07, 6.45) is 5.33. The number of nitrogens with one attached hydrogen (secondary N) is 1. The average Bonchev–Trinajstić information content (AvgIpc) is 3.41. The second-order valence-corrected chi connectivity index (χ2v) is 8.54. The van der Waals surface area contributed by atoms with E-state index in [2.05, 4.69) is 10.4 Å². The Labute approximate surface area is 175 Å². The molecule has 1 N–H and O–H groups in total. The van der Waals surface area contributed by atoms with Gasteiger partial charge in [0.15, 0.2) is 0 Å². The van der Waals surface area contributed by atoms with E-state index in [4.69, 9.17) is 11.6 Å². The van der Waals surface area contributed by atoms with Gasteiger partial charge in [-0.15, -0.1) is 0 Å². The maximum Gasteiger partial charge on any atom is 0.344 e. The first-order chi connectivity index (χ1) is 13.9. The molecule has 1 aromatic carbocycles. The number of carbonyl (C=O) groups excluding carboxylic acids is 2. The monoisotopic (exact) mass is 415 g/mol. The van der Waals surface area contributed by atoms with Crippen LogP contribution < -0.4 is 10.2 Å². The van der Waals surface area contributed by atoms with Crippen LogP contribution in [0.15, 0.2) is 36.7 Å². The molecule has 2 amide bonds. The number of fused-ring (bicyclic) bond motifs is 1. The fraction of sp³-hybridized carbons (Fsp3) is 0.476. The molecule has 3 atom stereocenters. The number of benzene rings is 1. The molecule has 2 aromatic rings. The van der Waals surface area contributed by atoms with Crippen LogP contribution in [0, 0.1) is 11.8 Å². The Morgan fingerprint density at radius 1 is 1.21 bits per heavy atom. The third-order valence-corrected chi connectivity index (χ3v) is 6.41. The number of rotatable bonds is 4. The van der Waals surface area contributed by atoms with E-state index in [0.29, 0.717) is 23.6 Å². The fourth-order valence-corrected chi connectivity index (χ4v) is 4.53. The fourth-order valence-electron chi connectivity index (χ4n) is 4.41. The number of anilines is 1. The molecule has 0 radical (unpaired) electrons. The topological polar surface area (TPSA) is 70.5 Å². The largest absolute Gasteiger partial charge is 0.344 e. The van der Waals surface area contributed by atoms with Crippen molar-refractivity contribution in [2.45, 2.75) is 32.4 Å². The number of nitrogens with zero attached hydrogens (tertiary/aromatic N) is 4. The van der Waals surface area contributed by atoms with Crippen molar-refractivity contribution in [2.75, 3.05) is 25.0 Å². The van der Waals surface area contributed by atoms with E-state index in [1.807, 2.05) is 29.2 Å². The van der Waals surface area contributed by atoms with Crippen LogP contribution >= 0.6 is 11.6 Å². The molecule has 1 saturated heterocycles. The van der Waals surface area contributed by atoms with Crippen molar-refractivity contribution in [3.05, 3.63) is 47.2 Å². The summed E-state index contributed by atoms with van der Waals surface area (Å²) in [5, 5.41) is 8.55. The zero-order valence-electron chi connectivity index (χ0n) is 16.7. The molecule has 2 fully saturated rings. The van der Waals surface area contributed by atoms with E-state index in [1.54, 1.807) is 19.4 Å². The van der Waals surface area contributed by atoms with Crippen molar-refractivity contribution in [1.29, 1.82) is 0 Å². The van der Waals surface area contributed by atoms with Crippen molar-refractivity contribution in [3.63, 3.8) is 0 Å². The number of amides is 2. The SMILES string of the molecule is CC(=O)N(C)c1cnn(C(=O)N2C[C@H]3C[C@@H](NCc4ccc(Cl)cc4)C[C@H]3C2)c1. The summed E-state index contributed by atoms with van der Waals surface area (Å²) in [6, 6.07) is 8.30. The minimum atomic E-state index is -0.117.